The Morgan fingerprint density at radius 1 is 1.36 bits per heavy atom. The van der Waals surface area contributed by atoms with Crippen molar-refractivity contribution in [2.45, 2.75) is 26.2 Å². The second kappa shape index (κ2) is 5.34. The number of ether oxygens (including phenoxy) is 1. The minimum atomic E-state index is 0.427. The molecule has 1 unspecified atom stereocenters. The molecule has 0 saturated heterocycles. The van der Waals surface area contributed by atoms with Crippen LogP contribution in [-0.2, 0) is 0 Å². The second-order valence-electron chi connectivity index (χ2n) is 3.31. The quantitative estimate of drug-likeness (QED) is 0.659. The number of rotatable bonds is 4. The van der Waals surface area contributed by atoms with E-state index in [1.807, 2.05) is 19.1 Å². The van der Waals surface area contributed by atoms with Crippen LogP contribution in [0.5, 0.6) is 5.75 Å². The minimum absolute atomic E-state index is 0.427. The SMILES string of the molecule is C#CCC(C)c1ccc(OCC)cc1. The topological polar surface area (TPSA) is 9.23 Å². The summed E-state index contributed by atoms with van der Waals surface area (Å²) in [7, 11) is 0. The van der Waals surface area contributed by atoms with Crippen LogP contribution in [0.4, 0.5) is 0 Å². The monoisotopic (exact) mass is 188 g/mol. The molecule has 0 fully saturated rings. The van der Waals surface area contributed by atoms with Crippen LogP contribution < -0.4 is 4.74 Å². The molecule has 1 heteroatoms. The summed E-state index contributed by atoms with van der Waals surface area (Å²) in [6.45, 7) is 4.82. The highest BCUT2D eigenvalue weighted by atomic mass is 16.5. The second-order valence-corrected chi connectivity index (χ2v) is 3.31. The van der Waals surface area contributed by atoms with Crippen molar-refractivity contribution in [3.63, 3.8) is 0 Å². The number of hydrogen-bond donors (Lipinski definition) is 0. The van der Waals surface area contributed by atoms with Crippen LogP contribution in [0.25, 0.3) is 0 Å². The first-order valence-electron chi connectivity index (χ1n) is 4.94. The van der Waals surface area contributed by atoms with Gasteiger partial charge in [0.05, 0.1) is 6.61 Å². The fourth-order valence-electron chi connectivity index (χ4n) is 1.35. The van der Waals surface area contributed by atoms with Crippen molar-refractivity contribution in [2.75, 3.05) is 6.61 Å². The Morgan fingerprint density at radius 2 is 2.00 bits per heavy atom. The van der Waals surface area contributed by atoms with Crippen molar-refractivity contribution < 1.29 is 4.74 Å². The van der Waals surface area contributed by atoms with E-state index in [9.17, 15) is 0 Å². The Balaban J connectivity index is 2.68. The highest BCUT2D eigenvalue weighted by Crippen LogP contribution is 2.21. The zero-order chi connectivity index (χ0) is 10.4. The van der Waals surface area contributed by atoms with Gasteiger partial charge in [0, 0.05) is 6.42 Å². The molecule has 1 nitrogen and oxygen atoms in total. The predicted molar refractivity (Wildman–Crippen MR) is 59.5 cm³/mol. The predicted octanol–water partition coefficient (Wildman–Crippen LogP) is 3.21. The average molecular weight is 188 g/mol. The van der Waals surface area contributed by atoms with Gasteiger partial charge in [0.25, 0.3) is 0 Å². The van der Waals surface area contributed by atoms with Gasteiger partial charge < -0.3 is 4.74 Å². The van der Waals surface area contributed by atoms with Gasteiger partial charge in [0.2, 0.25) is 0 Å². The van der Waals surface area contributed by atoms with E-state index in [-0.39, 0.29) is 0 Å². The molecule has 0 aliphatic rings. The van der Waals surface area contributed by atoms with E-state index in [2.05, 4.69) is 25.0 Å². The highest BCUT2D eigenvalue weighted by Gasteiger charge is 2.03. The molecule has 0 heterocycles. The Hall–Kier alpha value is -1.42. The first kappa shape index (κ1) is 10.7. The zero-order valence-corrected chi connectivity index (χ0v) is 8.79. The summed E-state index contributed by atoms with van der Waals surface area (Å²) in [6.07, 6.45) is 6.06. The molecule has 0 amide bonds. The Kier molecular flexibility index (Phi) is 4.07. The molecule has 0 aromatic heterocycles. The molecular weight excluding hydrogens is 172 g/mol. The van der Waals surface area contributed by atoms with Crippen molar-refractivity contribution in [1.82, 2.24) is 0 Å². The Morgan fingerprint density at radius 3 is 2.50 bits per heavy atom. The van der Waals surface area contributed by atoms with Gasteiger partial charge in [0.15, 0.2) is 0 Å². The summed E-state index contributed by atoms with van der Waals surface area (Å²) >= 11 is 0. The van der Waals surface area contributed by atoms with Gasteiger partial charge in [-0.2, -0.15) is 0 Å². The molecule has 0 N–H and O–H groups in total. The molecule has 0 bridgehead atoms. The van der Waals surface area contributed by atoms with Crippen LogP contribution in [-0.4, -0.2) is 6.61 Å². The lowest BCUT2D eigenvalue weighted by atomic mass is 9.98. The largest absolute Gasteiger partial charge is 0.494 e. The van der Waals surface area contributed by atoms with Gasteiger partial charge in [-0.3, -0.25) is 0 Å². The first-order chi connectivity index (χ1) is 6.77. The fraction of sp³-hybridized carbons (Fsp3) is 0.385. The van der Waals surface area contributed by atoms with E-state index >= 15 is 0 Å². The molecule has 0 radical (unpaired) electrons. The fourth-order valence-corrected chi connectivity index (χ4v) is 1.35. The van der Waals surface area contributed by atoms with E-state index < -0.39 is 0 Å². The summed E-state index contributed by atoms with van der Waals surface area (Å²) in [4.78, 5) is 0. The third-order valence-electron chi connectivity index (χ3n) is 2.18. The van der Waals surface area contributed by atoms with Crippen LogP contribution in [0.3, 0.4) is 0 Å². The summed E-state index contributed by atoms with van der Waals surface area (Å²) in [6, 6.07) is 8.14. The van der Waals surface area contributed by atoms with Crippen LogP contribution >= 0.6 is 0 Å². The Bertz CT molecular complexity index is 305. The molecular formula is C13H16O. The molecule has 74 valence electrons. The molecule has 0 spiro atoms. The number of benzene rings is 1. The molecule has 0 aliphatic heterocycles. The maximum atomic E-state index is 5.36. The maximum absolute atomic E-state index is 5.36. The highest BCUT2D eigenvalue weighted by molar-refractivity contribution is 5.29. The van der Waals surface area contributed by atoms with Crippen LogP contribution in [0.15, 0.2) is 24.3 Å². The summed E-state index contributed by atoms with van der Waals surface area (Å²) in [5, 5.41) is 0. The maximum Gasteiger partial charge on any atom is 0.119 e. The summed E-state index contributed by atoms with van der Waals surface area (Å²) in [5.74, 6) is 4.02. The standard InChI is InChI=1S/C13H16O/c1-4-6-11(3)12-7-9-13(10-8-12)14-5-2/h1,7-11H,5-6H2,2-3H3. The third-order valence-corrected chi connectivity index (χ3v) is 2.18. The molecule has 14 heavy (non-hydrogen) atoms. The average Bonchev–Trinajstić information content (AvgIpc) is 2.20. The van der Waals surface area contributed by atoms with Crippen LogP contribution in [0.1, 0.15) is 31.7 Å². The molecule has 1 aromatic rings. The van der Waals surface area contributed by atoms with E-state index in [0.29, 0.717) is 12.5 Å². The lowest BCUT2D eigenvalue weighted by Crippen LogP contribution is -1.94. The van der Waals surface area contributed by atoms with Gasteiger partial charge in [0.1, 0.15) is 5.75 Å². The van der Waals surface area contributed by atoms with Crippen molar-refractivity contribution in [3.8, 4) is 18.1 Å². The van der Waals surface area contributed by atoms with Crippen molar-refractivity contribution >= 4 is 0 Å². The minimum Gasteiger partial charge on any atom is -0.494 e. The summed E-state index contributed by atoms with van der Waals surface area (Å²) < 4.78 is 5.36. The van der Waals surface area contributed by atoms with Crippen molar-refractivity contribution in [3.05, 3.63) is 29.8 Å². The van der Waals surface area contributed by atoms with Crippen molar-refractivity contribution in [2.24, 2.45) is 0 Å². The molecule has 1 rings (SSSR count). The Labute approximate surface area is 86.1 Å². The normalized spacial score (nSPS) is 11.8. The number of hydrogen-bond acceptors (Lipinski definition) is 1. The number of terminal acetylenes is 1. The van der Waals surface area contributed by atoms with Gasteiger partial charge in [-0.1, -0.05) is 19.1 Å². The van der Waals surface area contributed by atoms with Crippen LogP contribution in [0.2, 0.25) is 0 Å². The smallest absolute Gasteiger partial charge is 0.119 e. The first-order valence-corrected chi connectivity index (χ1v) is 4.94. The van der Waals surface area contributed by atoms with Gasteiger partial charge >= 0.3 is 0 Å². The van der Waals surface area contributed by atoms with E-state index in [0.717, 1.165) is 12.2 Å². The summed E-state index contributed by atoms with van der Waals surface area (Å²) in [5.41, 5.74) is 1.27. The lowest BCUT2D eigenvalue weighted by molar-refractivity contribution is 0.340. The molecule has 1 aromatic carbocycles. The molecule has 0 aliphatic carbocycles. The van der Waals surface area contributed by atoms with E-state index in [1.54, 1.807) is 0 Å². The van der Waals surface area contributed by atoms with Crippen LogP contribution in [0, 0.1) is 12.3 Å². The van der Waals surface area contributed by atoms with Crippen molar-refractivity contribution in [1.29, 1.82) is 0 Å². The van der Waals surface area contributed by atoms with E-state index in [4.69, 9.17) is 11.2 Å². The van der Waals surface area contributed by atoms with Gasteiger partial charge in [-0.15, -0.1) is 12.3 Å². The lowest BCUT2D eigenvalue weighted by Gasteiger charge is -2.09. The molecule has 1 atom stereocenters. The third kappa shape index (κ3) is 2.81. The molecule has 0 saturated carbocycles. The van der Waals surface area contributed by atoms with Gasteiger partial charge in [-0.05, 0) is 30.5 Å². The zero-order valence-electron chi connectivity index (χ0n) is 8.79. The van der Waals surface area contributed by atoms with Gasteiger partial charge in [-0.25, -0.2) is 0 Å². The van der Waals surface area contributed by atoms with E-state index in [1.165, 1.54) is 5.56 Å².